The number of hydrogen-bond acceptors (Lipinski definition) is 5. The van der Waals surface area contributed by atoms with E-state index in [0.29, 0.717) is 23.7 Å². The number of nitrogens with one attached hydrogen (secondary N) is 3. The molecule has 10 heteroatoms. The van der Waals surface area contributed by atoms with Crippen LogP contribution < -0.4 is 16.0 Å². The van der Waals surface area contributed by atoms with Crippen molar-refractivity contribution in [3.63, 3.8) is 0 Å². The quantitative estimate of drug-likeness (QED) is 0.623. The van der Waals surface area contributed by atoms with E-state index in [2.05, 4.69) is 26.3 Å². The summed E-state index contributed by atoms with van der Waals surface area (Å²) in [5, 5.41) is 17.3. The Balaban J connectivity index is 0.00000261. The van der Waals surface area contributed by atoms with Crippen molar-refractivity contribution in [2.45, 2.75) is 18.9 Å². The van der Waals surface area contributed by atoms with Crippen LogP contribution in [0.3, 0.4) is 0 Å². The molecule has 0 atom stereocenters. The van der Waals surface area contributed by atoms with Gasteiger partial charge in [0.2, 0.25) is 0 Å². The normalized spacial score (nSPS) is 14.3. The van der Waals surface area contributed by atoms with Crippen LogP contribution in [-0.4, -0.2) is 53.0 Å². The van der Waals surface area contributed by atoms with Gasteiger partial charge in [-0.2, -0.15) is 0 Å². The molecule has 0 spiro atoms. The molecule has 8 nitrogen and oxygen atoms in total. The molecule has 3 rings (SSSR count). The summed E-state index contributed by atoms with van der Waals surface area (Å²) in [4.78, 5) is 24.1. The van der Waals surface area contributed by atoms with E-state index in [1.54, 1.807) is 35.1 Å². The minimum absolute atomic E-state index is 0. The highest BCUT2D eigenvalue weighted by Gasteiger charge is 2.18. The second kappa shape index (κ2) is 10.2. The third-order valence-corrected chi connectivity index (χ3v) is 4.48. The number of halogens is 2. The van der Waals surface area contributed by atoms with E-state index in [1.165, 1.54) is 0 Å². The minimum atomic E-state index is -0.300. The van der Waals surface area contributed by atoms with Gasteiger partial charge in [-0.1, -0.05) is 16.8 Å². The largest absolute Gasteiger partial charge is 0.350 e. The molecule has 1 aromatic heterocycles. The van der Waals surface area contributed by atoms with Crippen LogP contribution in [0.15, 0.2) is 30.5 Å². The van der Waals surface area contributed by atoms with E-state index < -0.39 is 0 Å². The van der Waals surface area contributed by atoms with Crippen molar-refractivity contribution in [1.82, 2.24) is 30.9 Å². The zero-order chi connectivity index (χ0) is 18.4. The molecule has 2 amide bonds. The Bertz CT molecular complexity index is 759. The summed E-state index contributed by atoms with van der Waals surface area (Å²) in [6.45, 7) is 2.51. The fourth-order valence-electron chi connectivity index (χ4n) is 2.78. The van der Waals surface area contributed by atoms with Crippen LogP contribution in [0, 0.1) is 0 Å². The molecule has 1 aliphatic heterocycles. The van der Waals surface area contributed by atoms with E-state index in [-0.39, 0.29) is 36.0 Å². The summed E-state index contributed by atoms with van der Waals surface area (Å²) in [5.74, 6) is -0.515. The molecular weight excluding hydrogens is 391 g/mol. The van der Waals surface area contributed by atoms with Gasteiger partial charge in [-0.15, -0.1) is 17.5 Å². The van der Waals surface area contributed by atoms with Crippen molar-refractivity contribution in [1.29, 1.82) is 0 Å². The highest BCUT2D eigenvalue weighted by atomic mass is 35.5. The Morgan fingerprint density at radius 1 is 1.11 bits per heavy atom. The van der Waals surface area contributed by atoms with Crippen molar-refractivity contribution in [3.05, 3.63) is 46.7 Å². The molecule has 0 unspecified atom stereocenters. The predicted octanol–water partition coefficient (Wildman–Crippen LogP) is 1.44. The molecular formula is C17H22Cl2N6O2. The molecule has 0 saturated carbocycles. The number of piperidine rings is 1. The van der Waals surface area contributed by atoms with Gasteiger partial charge in [0.1, 0.15) is 0 Å². The lowest BCUT2D eigenvalue weighted by Gasteiger charge is -2.22. The molecule has 1 aromatic carbocycles. The number of rotatable bonds is 6. The summed E-state index contributed by atoms with van der Waals surface area (Å²) in [6.07, 6.45) is 3.62. The van der Waals surface area contributed by atoms with Gasteiger partial charge in [-0.05, 0) is 50.2 Å². The van der Waals surface area contributed by atoms with Crippen molar-refractivity contribution >= 4 is 35.8 Å². The Kier molecular flexibility index (Phi) is 8.02. The van der Waals surface area contributed by atoms with Gasteiger partial charge in [0, 0.05) is 23.7 Å². The first-order chi connectivity index (χ1) is 12.6. The summed E-state index contributed by atoms with van der Waals surface area (Å²) in [6, 6.07) is 6.89. The second-order valence-corrected chi connectivity index (χ2v) is 6.52. The van der Waals surface area contributed by atoms with Crippen molar-refractivity contribution in [2.24, 2.45) is 0 Å². The molecule has 2 aromatic rings. The number of hydrogen-bond donors (Lipinski definition) is 3. The molecule has 2 heterocycles. The summed E-state index contributed by atoms with van der Waals surface area (Å²) < 4.78 is 1.76. The Morgan fingerprint density at radius 3 is 2.41 bits per heavy atom. The maximum atomic E-state index is 12.1. The first-order valence-corrected chi connectivity index (χ1v) is 8.96. The van der Waals surface area contributed by atoms with E-state index >= 15 is 0 Å². The molecule has 146 valence electrons. The molecule has 0 aliphatic carbocycles. The molecule has 3 N–H and O–H groups in total. The van der Waals surface area contributed by atoms with Crippen LogP contribution in [0.5, 0.6) is 0 Å². The molecule has 27 heavy (non-hydrogen) atoms. The highest BCUT2D eigenvalue weighted by molar-refractivity contribution is 6.30. The maximum Gasteiger partial charge on any atom is 0.273 e. The smallest absolute Gasteiger partial charge is 0.273 e. The average molecular weight is 413 g/mol. The van der Waals surface area contributed by atoms with Gasteiger partial charge >= 0.3 is 0 Å². The fraction of sp³-hybridized carbons (Fsp3) is 0.412. The first kappa shape index (κ1) is 21.1. The van der Waals surface area contributed by atoms with Crippen LogP contribution in [0.2, 0.25) is 5.02 Å². The van der Waals surface area contributed by atoms with Crippen molar-refractivity contribution < 1.29 is 9.59 Å². The highest BCUT2D eigenvalue weighted by Crippen LogP contribution is 2.16. The zero-order valence-electron chi connectivity index (χ0n) is 14.7. The molecule has 1 saturated heterocycles. The second-order valence-electron chi connectivity index (χ2n) is 6.08. The van der Waals surface area contributed by atoms with Crippen LogP contribution in [-0.2, 0) is 0 Å². The zero-order valence-corrected chi connectivity index (χ0v) is 16.2. The third-order valence-electron chi connectivity index (χ3n) is 4.23. The Morgan fingerprint density at radius 2 is 1.74 bits per heavy atom. The number of nitrogens with zero attached hydrogens (tertiary/aromatic N) is 3. The van der Waals surface area contributed by atoms with Gasteiger partial charge in [0.25, 0.3) is 11.8 Å². The van der Waals surface area contributed by atoms with Crippen LogP contribution in [0.1, 0.15) is 39.7 Å². The minimum Gasteiger partial charge on any atom is -0.350 e. The average Bonchev–Trinajstić information content (AvgIpc) is 3.16. The maximum absolute atomic E-state index is 12.1. The lowest BCUT2D eigenvalue weighted by atomic mass is 10.1. The van der Waals surface area contributed by atoms with E-state index in [4.69, 9.17) is 11.6 Å². The number of carbonyl (C=O) groups excluding carboxylic acids is 2. The summed E-state index contributed by atoms with van der Waals surface area (Å²) in [5.41, 5.74) is 0.804. The van der Waals surface area contributed by atoms with Gasteiger partial charge in [-0.25, -0.2) is 4.68 Å². The monoisotopic (exact) mass is 412 g/mol. The molecule has 1 aliphatic rings. The van der Waals surface area contributed by atoms with Gasteiger partial charge in [0.05, 0.1) is 12.2 Å². The summed E-state index contributed by atoms with van der Waals surface area (Å²) in [7, 11) is 0. The topological polar surface area (TPSA) is 101 Å². The molecule has 0 radical (unpaired) electrons. The Hall–Kier alpha value is -2.16. The number of amides is 2. The van der Waals surface area contributed by atoms with E-state index in [9.17, 15) is 9.59 Å². The first-order valence-electron chi connectivity index (χ1n) is 8.58. The molecule has 0 bridgehead atoms. The van der Waals surface area contributed by atoms with E-state index in [1.807, 2.05) is 0 Å². The van der Waals surface area contributed by atoms with Crippen molar-refractivity contribution in [3.8, 4) is 0 Å². The molecule has 1 fully saturated rings. The number of carbonyl (C=O) groups is 2. The summed E-state index contributed by atoms with van der Waals surface area (Å²) >= 11 is 5.79. The number of benzene rings is 1. The number of aromatic nitrogens is 3. The fourth-order valence-corrected chi connectivity index (χ4v) is 2.90. The lowest BCUT2D eigenvalue weighted by Crippen LogP contribution is -2.34. The Labute approximate surface area is 168 Å². The van der Waals surface area contributed by atoms with E-state index in [0.717, 1.165) is 25.9 Å². The van der Waals surface area contributed by atoms with Crippen LogP contribution in [0.25, 0.3) is 0 Å². The van der Waals surface area contributed by atoms with Gasteiger partial charge < -0.3 is 16.0 Å². The van der Waals surface area contributed by atoms with Gasteiger partial charge in [-0.3, -0.25) is 9.59 Å². The third kappa shape index (κ3) is 5.92. The predicted molar refractivity (Wildman–Crippen MR) is 105 cm³/mol. The van der Waals surface area contributed by atoms with Gasteiger partial charge in [0.15, 0.2) is 5.69 Å². The SMILES string of the molecule is Cl.O=C(NCCNC(=O)c1cn(C2CCNCC2)nn1)c1ccc(Cl)cc1. The van der Waals surface area contributed by atoms with Crippen LogP contribution >= 0.6 is 24.0 Å². The van der Waals surface area contributed by atoms with Crippen molar-refractivity contribution in [2.75, 3.05) is 26.2 Å². The lowest BCUT2D eigenvalue weighted by molar-refractivity contribution is 0.0925. The van der Waals surface area contributed by atoms with Crippen LogP contribution in [0.4, 0.5) is 0 Å². The standard InChI is InChI=1S/C17H21ClN6O2.ClH/c18-13-3-1-12(2-4-13)16(25)20-9-10-21-17(26)15-11-24(23-22-15)14-5-7-19-8-6-14;/h1-4,11,14,19H,5-10H2,(H,20,25)(H,21,26);1H.